The Morgan fingerprint density at radius 3 is 2.41 bits per heavy atom. The second-order valence-corrected chi connectivity index (χ2v) is 9.24. The van der Waals surface area contributed by atoms with E-state index in [9.17, 15) is 14.4 Å². The van der Waals surface area contributed by atoms with E-state index in [4.69, 9.17) is 22.3 Å². The van der Waals surface area contributed by atoms with Gasteiger partial charge in [-0.15, -0.1) is 0 Å². The van der Waals surface area contributed by atoms with Crippen LogP contribution in [-0.4, -0.2) is 61.8 Å². The average molecular weight is 538 g/mol. The number of Topliss-reactive ketones (excluding diaryl/α,β-unsaturated/α-hetero) is 1. The highest BCUT2D eigenvalue weighted by molar-refractivity contribution is 5.97. The molecule has 0 fully saturated rings. The van der Waals surface area contributed by atoms with Crippen molar-refractivity contribution in [2.24, 2.45) is 5.73 Å². The van der Waals surface area contributed by atoms with Crippen molar-refractivity contribution in [3.8, 4) is 0 Å². The molecule has 0 saturated carbocycles. The Morgan fingerprint density at radius 2 is 1.74 bits per heavy atom. The minimum absolute atomic E-state index is 0.0291. The molecule has 208 valence electrons. The van der Waals surface area contributed by atoms with Gasteiger partial charge in [0.25, 0.3) is 5.91 Å². The van der Waals surface area contributed by atoms with Gasteiger partial charge in [-0.3, -0.25) is 14.4 Å². The molecule has 13 heteroatoms. The van der Waals surface area contributed by atoms with E-state index in [1.165, 1.54) is 6.92 Å². The van der Waals surface area contributed by atoms with Gasteiger partial charge in [-0.05, 0) is 57.0 Å². The molecule has 1 amide bonds. The maximum atomic E-state index is 12.7. The number of hydrogen-bond donors (Lipinski definition) is 5. The summed E-state index contributed by atoms with van der Waals surface area (Å²) in [6, 6.07) is 6.11. The number of nitrogens with one attached hydrogen (secondary N) is 1. The number of amides is 1. The third kappa shape index (κ3) is 8.57. The Labute approximate surface area is 226 Å². The Bertz CT molecular complexity index is 1300. The van der Waals surface area contributed by atoms with E-state index >= 15 is 0 Å². The van der Waals surface area contributed by atoms with Gasteiger partial charge in [0.05, 0.1) is 24.5 Å². The molecule has 2 heterocycles. The first-order valence-electron chi connectivity index (χ1n) is 12.8. The SMILES string of the molecule is CC(=O)[C@H](CCC(=O)O)NC(=O)c1ccc(N(CCCCCCN)Cc2cnc3nc(N)nc(N)c3n2)cc1. The monoisotopic (exact) mass is 537 g/mol. The number of rotatable bonds is 15. The minimum Gasteiger partial charge on any atom is -0.481 e. The van der Waals surface area contributed by atoms with Gasteiger partial charge in [-0.2, -0.15) is 9.97 Å². The second kappa shape index (κ2) is 14.0. The highest BCUT2D eigenvalue weighted by atomic mass is 16.4. The van der Waals surface area contributed by atoms with E-state index in [2.05, 4.69) is 30.2 Å². The number of aliphatic carboxylic acids is 1. The van der Waals surface area contributed by atoms with Crippen molar-refractivity contribution in [1.82, 2.24) is 25.3 Å². The predicted octanol–water partition coefficient (Wildman–Crippen LogP) is 1.66. The molecule has 1 atom stereocenters. The summed E-state index contributed by atoms with van der Waals surface area (Å²) in [5.74, 6) is -1.59. The van der Waals surface area contributed by atoms with Gasteiger partial charge in [0.15, 0.2) is 22.8 Å². The number of hydrogen-bond acceptors (Lipinski definition) is 11. The van der Waals surface area contributed by atoms with Crippen molar-refractivity contribution in [2.75, 3.05) is 29.5 Å². The largest absolute Gasteiger partial charge is 0.481 e. The lowest BCUT2D eigenvalue weighted by Gasteiger charge is -2.25. The normalized spacial score (nSPS) is 11.7. The van der Waals surface area contributed by atoms with Crippen molar-refractivity contribution in [2.45, 2.75) is 58.0 Å². The van der Waals surface area contributed by atoms with Crippen LogP contribution in [0.2, 0.25) is 0 Å². The molecule has 0 unspecified atom stereocenters. The van der Waals surface area contributed by atoms with Crippen LogP contribution in [0.25, 0.3) is 11.2 Å². The number of benzene rings is 1. The number of aromatic nitrogens is 4. The zero-order valence-corrected chi connectivity index (χ0v) is 22.0. The number of carboxylic acids is 1. The number of carboxylic acid groups (broad SMARTS) is 1. The van der Waals surface area contributed by atoms with Gasteiger partial charge in [-0.1, -0.05) is 12.8 Å². The summed E-state index contributed by atoms with van der Waals surface area (Å²) in [5, 5.41) is 11.5. The smallest absolute Gasteiger partial charge is 0.303 e. The van der Waals surface area contributed by atoms with Crippen LogP contribution < -0.4 is 27.4 Å². The number of fused-ring (bicyclic) bond motifs is 1. The quantitative estimate of drug-likeness (QED) is 0.175. The molecule has 1 aromatic carbocycles. The first-order chi connectivity index (χ1) is 18.7. The molecule has 0 saturated heterocycles. The van der Waals surface area contributed by atoms with Crippen molar-refractivity contribution >= 4 is 46.3 Å². The maximum absolute atomic E-state index is 12.7. The summed E-state index contributed by atoms with van der Waals surface area (Å²) in [4.78, 5) is 54.6. The zero-order valence-electron chi connectivity index (χ0n) is 22.0. The third-order valence-electron chi connectivity index (χ3n) is 6.17. The van der Waals surface area contributed by atoms with Crippen LogP contribution in [0.1, 0.15) is 61.5 Å². The molecule has 3 rings (SSSR count). The highest BCUT2D eigenvalue weighted by Crippen LogP contribution is 2.21. The Kier molecular flexibility index (Phi) is 10.4. The molecule has 2 aromatic heterocycles. The molecule has 0 radical (unpaired) electrons. The molecule has 0 aliphatic heterocycles. The van der Waals surface area contributed by atoms with E-state index in [0.717, 1.165) is 37.9 Å². The van der Waals surface area contributed by atoms with E-state index < -0.39 is 17.9 Å². The van der Waals surface area contributed by atoms with Crippen LogP contribution in [-0.2, 0) is 16.1 Å². The zero-order chi connectivity index (χ0) is 28.4. The summed E-state index contributed by atoms with van der Waals surface area (Å²) in [6.07, 6.45) is 5.38. The molecular weight excluding hydrogens is 502 g/mol. The van der Waals surface area contributed by atoms with E-state index in [-0.39, 0.29) is 30.4 Å². The van der Waals surface area contributed by atoms with Gasteiger partial charge < -0.3 is 32.5 Å². The van der Waals surface area contributed by atoms with Crippen LogP contribution in [0, 0.1) is 0 Å². The lowest BCUT2D eigenvalue weighted by Crippen LogP contribution is -2.40. The molecule has 8 N–H and O–H groups in total. The standard InChI is InChI=1S/C26H35N9O4/c1-16(36)20(10-11-21(37)38)32-25(39)17-6-8-19(9-7-17)35(13-5-3-2-4-12-27)15-18-14-30-24-22(31-18)23(28)33-26(29)34-24/h6-9,14,20H,2-5,10-13,15,27H2,1H3,(H,32,39)(H,37,38)(H4,28,29,30,33,34)/t20-/m0/s1. The fraction of sp³-hybridized carbons (Fsp3) is 0.423. The van der Waals surface area contributed by atoms with E-state index in [1.54, 1.807) is 18.3 Å². The number of nitrogen functional groups attached to an aromatic ring is 2. The number of nitrogens with zero attached hydrogens (tertiary/aromatic N) is 5. The molecule has 0 aliphatic carbocycles. The van der Waals surface area contributed by atoms with Gasteiger partial charge >= 0.3 is 5.97 Å². The molecular formula is C26H35N9O4. The summed E-state index contributed by atoms with van der Waals surface area (Å²) < 4.78 is 0. The number of anilines is 3. The molecule has 0 bridgehead atoms. The summed E-state index contributed by atoms with van der Waals surface area (Å²) in [5.41, 5.74) is 19.8. The predicted molar refractivity (Wildman–Crippen MR) is 148 cm³/mol. The van der Waals surface area contributed by atoms with Gasteiger partial charge in [-0.25, -0.2) is 9.97 Å². The van der Waals surface area contributed by atoms with Crippen LogP contribution >= 0.6 is 0 Å². The first-order valence-corrected chi connectivity index (χ1v) is 12.8. The molecule has 39 heavy (non-hydrogen) atoms. The van der Waals surface area contributed by atoms with Gasteiger partial charge in [0, 0.05) is 24.2 Å². The molecule has 0 spiro atoms. The number of ketones is 1. The number of nitrogens with two attached hydrogens (primary N) is 3. The fourth-order valence-electron chi connectivity index (χ4n) is 4.06. The molecule has 0 aliphatic rings. The number of carbonyl (C=O) groups is 3. The fourth-order valence-corrected chi connectivity index (χ4v) is 4.06. The molecule has 13 nitrogen and oxygen atoms in total. The highest BCUT2D eigenvalue weighted by Gasteiger charge is 2.20. The number of carbonyl (C=O) groups excluding carboxylic acids is 2. The van der Waals surface area contributed by atoms with E-state index in [0.29, 0.717) is 35.5 Å². The lowest BCUT2D eigenvalue weighted by atomic mass is 10.1. The van der Waals surface area contributed by atoms with Crippen molar-refractivity contribution in [1.29, 1.82) is 0 Å². The topological polar surface area (TPSA) is 216 Å². The maximum Gasteiger partial charge on any atom is 0.303 e. The van der Waals surface area contributed by atoms with Gasteiger partial charge in [0.1, 0.15) is 0 Å². The lowest BCUT2D eigenvalue weighted by molar-refractivity contribution is -0.137. The van der Waals surface area contributed by atoms with Gasteiger partial charge in [0.2, 0.25) is 5.95 Å². The van der Waals surface area contributed by atoms with Crippen LogP contribution in [0.4, 0.5) is 17.5 Å². The Hall–Kier alpha value is -4.39. The summed E-state index contributed by atoms with van der Waals surface area (Å²) in [7, 11) is 0. The Balaban J connectivity index is 1.77. The average Bonchev–Trinajstić information content (AvgIpc) is 2.90. The van der Waals surface area contributed by atoms with Crippen molar-refractivity contribution < 1.29 is 19.5 Å². The van der Waals surface area contributed by atoms with Crippen LogP contribution in [0.3, 0.4) is 0 Å². The first kappa shape index (κ1) is 29.2. The van der Waals surface area contributed by atoms with Crippen LogP contribution in [0.5, 0.6) is 0 Å². The molecule has 3 aromatic rings. The third-order valence-corrected chi connectivity index (χ3v) is 6.17. The van der Waals surface area contributed by atoms with Crippen molar-refractivity contribution in [3.63, 3.8) is 0 Å². The Morgan fingerprint density at radius 1 is 1.03 bits per heavy atom. The van der Waals surface area contributed by atoms with Crippen LogP contribution in [0.15, 0.2) is 30.5 Å². The minimum atomic E-state index is -1.03. The van der Waals surface area contributed by atoms with Crippen molar-refractivity contribution in [3.05, 3.63) is 41.7 Å². The second-order valence-electron chi connectivity index (χ2n) is 9.24. The number of unbranched alkanes of at least 4 members (excludes halogenated alkanes) is 3. The summed E-state index contributed by atoms with van der Waals surface area (Å²) in [6.45, 7) is 3.14. The summed E-state index contributed by atoms with van der Waals surface area (Å²) >= 11 is 0. The van der Waals surface area contributed by atoms with E-state index in [1.807, 2.05) is 12.1 Å².